The lowest BCUT2D eigenvalue weighted by molar-refractivity contribution is -0.132. The Hall–Kier alpha value is -1.42. The molecule has 1 saturated heterocycles. The second-order valence-corrected chi connectivity index (χ2v) is 11.7. The summed E-state index contributed by atoms with van der Waals surface area (Å²) in [6, 6.07) is 10.8. The third-order valence-electron chi connectivity index (χ3n) is 4.96. The summed E-state index contributed by atoms with van der Waals surface area (Å²) in [6.45, 7) is 2.84. The van der Waals surface area contributed by atoms with Crippen molar-refractivity contribution in [1.82, 2.24) is 9.62 Å². The van der Waals surface area contributed by atoms with Crippen LogP contribution < -0.4 is 10.1 Å². The topological polar surface area (TPSA) is 75.7 Å². The van der Waals surface area contributed by atoms with Crippen molar-refractivity contribution >= 4 is 43.2 Å². The monoisotopic (exact) mass is 486 g/mol. The zero-order valence-corrected chi connectivity index (χ0v) is 19.0. The van der Waals surface area contributed by atoms with E-state index in [9.17, 15) is 13.2 Å². The summed E-state index contributed by atoms with van der Waals surface area (Å²) in [5.74, 6) is 0.631. The molecular formula is C19H23BrN2O4S2. The molecule has 0 radical (unpaired) electrons. The van der Waals surface area contributed by atoms with Crippen LogP contribution in [0.2, 0.25) is 0 Å². The largest absolute Gasteiger partial charge is 0.497 e. The molecular weight excluding hydrogens is 464 g/mol. The summed E-state index contributed by atoms with van der Waals surface area (Å²) in [7, 11) is -1.99. The van der Waals surface area contributed by atoms with E-state index < -0.39 is 15.4 Å². The Balaban J connectivity index is 1.67. The molecule has 2 heterocycles. The number of halogens is 1. The van der Waals surface area contributed by atoms with Gasteiger partial charge in [0.05, 0.1) is 16.3 Å². The van der Waals surface area contributed by atoms with Crippen LogP contribution in [0.25, 0.3) is 0 Å². The van der Waals surface area contributed by atoms with Gasteiger partial charge in [0.25, 0.3) is 10.0 Å². The number of sulfonamides is 1. The highest BCUT2D eigenvalue weighted by Crippen LogP contribution is 2.35. The Morgan fingerprint density at radius 1 is 1.29 bits per heavy atom. The highest BCUT2D eigenvalue weighted by Gasteiger charge is 2.42. The van der Waals surface area contributed by atoms with E-state index in [2.05, 4.69) is 21.2 Å². The molecule has 1 aromatic heterocycles. The fraction of sp³-hybridized carbons (Fsp3) is 0.421. The quantitative estimate of drug-likeness (QED) is 0.676. The van der Waals surface area contributed by atoms with Crippen LogP contribution in [0.5, 0.6) is 5.75 Å². The molecule has 0 unspecified atom stereocenters. The molecule has 0 saturated carbocycles. The maximum Gasteiger partial charge on any atom is 0.252 e. The molecule has 6 nitrogen and oxygen atoms in total. The van der Waals surface area contributed by atoms with Crippen molar-refractivity contribution in [3.05, 3.63) is 45.7 Å². The van der Waals surface area contributed by atoms with Crippen LogP contribution >= 0.6 is 27.3 Å². The fourth-order valence-corrected chi connectivity index (χ4v) is 7.05. The molecule has 0 aliphatic carbocycles. The number of carbonyl (C=O) groups is 1. The zero-order chi connectivity index (χ0) is 20.4. The molecule has 28 heavy (non-hydrogen) atoms. The summed E-state index contributed by atoms with van der Waals surface area (Å²) >= 11 is 4.49. The number of methoxy groups -OCH3 is 1. The van der Waals surface area contributed by atoms with Crippen LogP contribution in [0.3, 0.4) is 0 Å². The number of carbonyl (C=O) groups excluding carboxylic acids is 1. The minimum atomic E-state index is -3.59. The smallest absolute Gasteiger partial charge is 0.252 e. The van der Waals surface area contributed by atoms with Crippen molar-refractivity contribution in [2.24, 2.45) is 5.41 Å². The Morgan fingerprint density at radius 2 is 2.00 bits per heavy atom. The number of benzene rings is 1. The highest BCUT2D eigenvalue weighted by molar-refractivity contribution is 9.11. The van der Waals surface area contributed by atoms with Gasteiger partial charge in [0.1, 0.15) is 9.96 Å². The first kappa shape index (κ1) is 21.3. The third-order valence-corrected chi connectivity index (χ3v) is 8.90. The second-order valence-electron chi connectivity index (χ2n) is 7.09. The lowest BCUT2D eigenvalue weighted by atomic mass is 9.82. The van der Waals surface area contributed by atoms with E-state index in [1.807, 2.05) is 31.2 Å². The van der Waals surface area contributed by atoms with Gasteiger partial charge in [-0.25, -0.2) is 8.42 Å². The standard InChI is InChI=1S/C19H23BrN2O4S2/c1-19(18(23)21-12-14-4-6-15(26-2)7-5-14)10-3-11-22(13-19)28(24,25)17-9-8-16(20)27-17/h4-9H,3,10-13H2,1-2H3,(H,21,23)/t19-/m1/s1. The average molecular weight is 487 g/mol. The van der Waals surface area contributed by atoms with Crippen LogP contribution in [0.1, 0.15) is 25.3 Å². The zero-order valence-electron chi connectivity index (χ0n) is 15.8. The van der Waals surface area contributed by atoms with E-state index in [0.29, 0.717) is 30.1 Å². The summed E-state index contributed by atoms with van der Waals surface area (Å²) in [4.78, 5) is 12.9. The molecule has 1 fully saturated rings. The predicted octanol–water partition coefficient (Wildman–Crippen LogP) is 3.63. The number of ether oxygens (including phenoxy) is 1. The number of thiophene rings is 1. The predicted molar refractivity (Wildman–Crippen MR) is 113 cm³/mol. The molecule has 1 aliphatic heterocycles. The molecule has 1 aliphatic rings. The number of nitrogens with zero attached hydrogens (tertiary/aromatic N) is 1. The Morgan fingerprint density at radius 3 is 2.61 bits per heavy atom. The van der Waals surface area contributed by atoms with Crippen LogP contribution in [0.4, 0.5) is 0 Å². The first-order chi connectivity index (χ1) is 13.2. The average Bonchev–Trinajstić information content (AvgIpc) is 3.13. The van der Waals surface area contributed by atoms with Gasteiger partial charge >= 0.3 is 0 Å². The Bertz CT molecular complexity index is 943. The summed E-state index contributed by atoms with van der Waals surface area (Å²) in [5.41, 5.74) is 0.202. The molecule has 9 heteroatoms. The van der Waals surface area contributed by atoms with E-state index in [1.54, 1.807) is 19.2 Å². The summed E-state index contributed by atoms with van der Waals surface area (Å²) in [6.07, 6.45) is 1.31. The highest BCUT2D eigenvalue weighted by atomic mass is 79.9. The van der Waals surface area contributed by atoms with E-state index in [1.165, 1.54) is 15.6 Å². The van der Waals surface area contributed by atoms with Gasteiger partial charge < -0.3 is 10.1 Å². The van der Waals surface area contributed by atoms with Crippen molar-refractivity contribution in [3.63, 3.8) is 0 Å². The van der Waals surface area contributed by atoms with E-state index in [4.69, 9.17) is 4.74 Å². The molecule has 1 amide bonds. The van der Waals surface area contributed by atoms with E-state index in [-0.39, 0.29) is 12.5 Å². The number of piperidine rings is 1. The van der Waals surface area contributed by atoms with Gasteiger partial charge in [-0.3, -0.25) is 4.79 Å². The van der Waals surface area contributed by atoms with Crippen molar-refractivity contribution in [1.29, 1.82) is 0 Å². The third kappa shape index (κ3) is 4.59. The van der Waals surface area contributed by atoms with E-state index in [0.717, 1.165) is 15.1 Å². The van der Waals surface area contributed by atoms with Gasteiger partial charge in [0.2, 0.25) is 5.91 Å². The molecule has 1 aromatic carbocycles. The Labute approximate surface area is 178 Å². The van der Waals surface area contributed by atoms with Crippen LogP contribution in [-0.4, -0.2) is 38.8 Å². The van der Waals surface area contributed by atoms with Crippen molar-refractivity contribution in [2.45, 2.75) is 30.5 Å². The van der Waals surface area contributed by atoms with Crippen molar-refractivity contribution < 1.29 is 17.9 Å². The lowest BCUT2D eigenvalue weighted by Gasteiger charge is -2.38. The normalized spacial score (nSPS) is 20.7. The van der Waals surface area contributed by atoms with Crippen LogP contribution in [-0.2, 0) is 21.4 Å². The van der Waals surface area contributed by atoms with Gasteiger partial charge in [-0.2, -0.15) is 4.31 Å². The SMILES string of the molecule is COc1ccc(CNC(=O)[C@]2(C)CCCN(S(=O)(=O)c3ccc(Br)s3)C2)cc1. The van der Waals surface area contributed by atoms with Gasteiger partial charge in [-0.15, -0.1) is 11.3 Å². The van der Waals surface area contributed by atoms with Crippen LogP contribution in [0, 0.1) is 5.41 Å². The molecule has 0 spiro atoms. The second kappa shape index (κ2) is 8.52. The first-order valence-corrected chi connectivity index (χ1v) is 12.0. The number of hydrogen-bond donors (Lipinski definition) is 1. The van der Waals surface area contributed by atoms with Crippen LogP contribution in [0.15, 0.2) is 44.4 Å². The molecule has 152 valence electrons. The first-order valence-electron chi connectivity index (χ1n) is 8.91. The molecule has 2 aromatic rings. The number of nitrogens with one attached hydrogen (secondary N) is 1. The van der Waals surface area contributed by atoms with Gasteiger partial charge in [0, 0.05) is 19.6 Å². The maximum absolute atomic E-state index is 12.9. The lowest BCUT2D eigenvalue weighted by Crippen LogP contribution is -2.51. The minimum Gasteiger partial charge on any atom is -0.497 e. The summed E-state index contributed by atoms with van der Waals surface area (Å²) < 4.78 is 33.5. The maximum atomic E-state index is 12.9. The summed E-state index contributed by atoms with van der Waals surface area (Å²) in [5, 5.41) is 2.96. The van der Waals surface area contributed by atoms with Crippen molar-refractivity contribution in [2.75, 3.05) is 20.2 Å². The van der Waals surface area contributed by atoms with Gasteiger partial charge in [-0.1, -0.05) is 12.1 Å². The number of amides is 1. The molecule has 3 rings (SSSR count). The molecule has 0 bridgehead atoms. The van der Waals surface area contributed by atoms with Gasteiger partial charge in [0.15, 0.2) is 0 Å². The van der Waals surface area contributed by atoms with E-state index >= 15 is 0 Å². The molecule has 1 atom stereocenters. The molecule has 1 N–H and O–H groups in total. The van der Waals surface area contributed by atoms with Crippen molar-refractivity contribution in [3.8, 4) is 5.75 Å². The fourth-order valence-electron chi connectivity index (χ4n) is 3.29. The number of hydrogen-bond acceptors (Lipinski definition) is 5. The number of rotatable bonds is 6. The minimum absolute atomic E-state index is 0.129. The van der Waals surface area contributed by atoms with Gasteiger partial charge in [-0.05, 0) is 65.5 Å². The Kier molecular flexibility index (Phi) is 6.48.